The Hall–Kier alpha value is -1.71. The van der Waals surface area contributed by atoms with E-state index in [0.717, 1.165) is 4.31 Å². The van der Waals surface area contributed by atoms with Crippen molar-refractivity contribution in [2.45, 2.75) is 24.8 Å². The van der Waals surface area contributed by atoms with Crippen LogP contribution in [0, 0.1) is 0 Å². The van der Waals surface area contributed by atoms with E-state index >= 15 is 0 Å². The molecule has 0 aliphatic heterocycles. The summed E-state index contributed by atoms with van der Waals surface area (Å²) in [5, 5.41) is 8.64. The van der Waals surface area contributed by atoms with Crippen molar-refractivity contribution < 1.29 is 13.2 Å². The second-order valence-electron chi connectivity index (χ2n) is 5.03. The van der Waals surface area contributed by atoms with Crippen LogP contribution >= 0.6 is 12.2 Å². The van der Waals surface area contributed by atoms with E-state index in [4.69, 9.17) is 12.2 Å². The van der Waals surface area contributed by atoms with Crippen molar-refractivity contribution in [2.24, 2.45) is 0 Å². The molecule has 1 aromatic carbocycles. The van der Waals surface area contributed by atoms with Gasteiger partial charge in [0.1, 0.15) is 6.04 Å². The Morgan fingerprint density at radius 1 is 1.35 bits per heavy atom. The summed E-state index contributed by atoms with van der Waals surface area (Å²) in [7, 11) is -0.578. The molecule has 128 valence electrons. The highest BCUT2D eigenvalue weighted by atomic mass is 32.2. The summed E-state index contributed by atoms with van der Waals surface area (Å²) in [6, 6.07) is 5.81. The highest BCUT2D eigenvalue weighted by Crippen LogP contribution is 2.17. The van der Waals surface area contributed by atoms with Gasteiger partial charge in [0, 0.05) is 26.3 Å². The Balaban J connectivity index is 2.79. The molecule has 1 amide bonds. The Bertz CT molecular complexity index is 674. The fourth-order valence-electron chi connectivity index (χ4n) is 1.70. The molecule has 23 heavy (non-hydrogen) atoms. The summed E-state index contributed by atoms with van der Waals surface area (Å²) in [5.74, 6) is -0.166. The highest BCUT2D eigenvalue weighted by molar-refractivity contribution is 7.89. The van der Waals surface area contributed by atoms with E-state index in [9.17, 15) is 13.2 Å². The Kier molecular flexibility index (Phi) is 6.92. The van der Waals surface area contributed by atoms with Crippen molar-refractivity contribution in [3.8, 4) is 0 Å². The smallest absolute Gasteiger partial charge is 0.242 e. The van der Waals surface area contributed by atoms with Gasteiger partial charge in [-0.15, -0.1) is 0 Å². The van der Waals surface area contributed by atoms with Crippen molar-refractivity contribution in [2.75, 3.05) is 26.0 Å². The fraction of sp³-hybridized carbons (Fsp3) is 0.429. The molecule has 0 aliphatic carbocycles. The minimum Gasteiger partial charge on any atom is -0.355 e. The Labute approximate surface area is 142 Å². The number of nitrogens with zero attached hydrogens (tertiary/aromatic N) is 1. The number of anilines is 1. The topological polar surface area (TPSA) is 90.5 Å². The monoisotopic (exact) mass is 358 g/mol. The minimum absolute atomic E-state index is 0.159. The van der Waals surface area contributed by atoms with Crippen LogP contribution in [0.4, 0.5) is 5.69 Å². The number of sulfonamides is 1. The SMILES string of the molecule is CCNC(=O)[C@@H](C)NC(=S)Nc1cccc(S(=O)(=O)N(C)C)c1. The quantitative estimate of drug-likeness (QED) is 0.650. The van der Waals surface area contributed by atoms with E-state index in [2.05, 4.69) is 16.0 Å². The van der Waals surface area contributed by atoms with E-state index < -0.39 is 16.1 Å². The zero-order valence-electron chi connectivity index (χ0n) is 13.6. The van der Waals surface area contributed by atoms with E-state index in [1.165, 1.54) is 26.2 Å². The number of carbonyl (C=O) groups excluding carboxylic acids is 1. The maximum absolute atomic E-state index is 12.1. The zero-order chi connectivity index (χ0) is 17.6. The molecule has 0 fully saturated rings. The van der Waals surface area contributed by atoms with Crippen LogP contribution in [0.1, 0.15) is 13.8 Å². The summed E-state index contributed by atoms with van der Waals surface area (Å²) in [5.41, 5.74) is 0.522. The van der Waals surface area contributed by atoms with Gasteiger partial charge in [-0.05, 0) is 44.3 Å². The molecule has 7 nitrogen and oxygen atoms in total. The lowest BCUT2D eigenvalue weighted by Gasteiger charge is -2.17. The molecule has 0 heterocycles. The van der Waals surface area contributed by atoms with Gasteiger partial charge in [0.2, 0.25) is 15.9 Å². The average molecular weight is 358 g/mol. The maximum Gasteiger partial charge on any atom is 0.242 e. The third-order valence-electron chi connectivity index (χ3n) is 2.96. The van der Waals surface area contributed by atoms with Crippen LogP contribution < -0.4 is 16.0 Å². The molecule has 0 unspecified atom stereocenters. The number of hydrogen-bond donors (Lipinski definition) is 3. The average Bonchev–Trinajstić information content (AvgIpc) is 2.47. The van der Waals surface area contributed by atoms with Crippen molar-refractivity contribution >= 4 is 38.9 Å². The number of rotatable bonds is 6. The van der Waals surface area contributed by atoms with Crippen molar-refractivity contribution in [3.63, 3.8) is 0 Å². The number of thiocarbonyl (C=S) groups is 1. The van der Waals surface area contributed by atoms with Gasteiger partial charge in [0.15, 0.2) is 5.11 Å². The van der Waals surface area contributed by atoms with Gasteiger partial charge >= 0.3 is 0 Å². The standard InChI is InChI=1S/C14H22N4O3S2/c1-5-15-13(19)10(2)16-14(22)17-11-7-6-8-12(9-11)23(20,21)18(3)4/h6-10H,5H2,1-4H3,(H,15,19)(H2,16,17,22)/t10-/m1/s1. The van der Waals surface area contributed by atoms with Crippen LogP contribution in [-0.2, 0) is 14.8 Å². The second kappa shape index (κ2) is 8.23. The fourth-order valence-corrected chi connectivity index (χ4v) is 2.94. The number of nitrogens with one attached hydrogen (secondary N) is 3. The third kappa shape index (κ3) is 5.45. The van der Waals surface area contributed by atoms with Gasteiger partial charge in [-0.2, -0.15) is 0 Å². The molecule has 1 atom stereocenters. The predicted octanol–water partition coefficient (Wildman–Crippen LogP) is 0.748. The largest absolute Gasteiger partial charge is 0.355 e. The van der Waals surface area contributed by atoms with E-state index in [-0.39, 0.29) is 15.9 Å². The van der Waals surface area contributed by atoms with Crippen LogP contribution in [0.2, 0.25) is 0 Å². The summed E-state index contributed by atoms with van der Waals surface area (Å²) in [4.78, 5) is 11.8. The molecule has 9 heteroatoms. The Morgan fingerprint density at radius 3 is 2.57 bits per heavy atom. The van der Waals surface area contributed by atoms with Gasteiger partial charge in [0.05, 0.1) is 4.90 Å². The van der Waals surface area contributed by atoms with Gasteiger partial charge in [0.25, 0.3) is 0 Å². The van der Waals surface area contributed by atoms with Crippen LogP contribution in [0.25, 0.3) is 0 Å². The molecule has 0 saturated carbocycles. The Morgan fingerprint density at radius 2 is 2.00 bits per heavy atom. The summed E-state index contributed by atoms with van der Waals surface area (Å²) >= 11 is 5.14. The highest BCUT2D eigenvalue weighted by Gasteiger charge is 2.18. The van der Waals surface area contributed by atoms with Crippen LogP contribution in [0.5, 0.6) is 0 Å². The van der Waals surface area contributed by atoms with Gasteiger partial charge < -0.3 is 16.0 Å². The molecule has 3 N–H and O–H groups in total. The van der Waals surface area contributed by atoms with Crippen LogP contribution in [0.15, 0.2) is 29.2 Å². The third-order valence-corrected chi connectivity index (χ3v) is 4.99. The van der Waals surface area contributed by atoms with Crippen molar-refractivity contribution in [1.82, 2.24) is 14.9 Å². The van der Waals surface area contributed by atoms with Gasteiger partial charge in [-0.25, -0.2) is 12.7 Å². The minimum atomic E-state index is -3.51. The summed E-state index contributed by atoms with van der Waals surface area (Å²) < 4.78 is 25.4. The van der Waals surface area contributed by atoms with Crippen molar-refractivity contribution in [3.05, 3.63) is 24.3 Å². The molecular weight excluding hydrogens is 336 g/mol. The van der Waals surface area contributed by atoms with E-state index in [0.29, 0.717) is 12.2 Å². The maximum atomic E-state index is 12.1. The summed E-state index contributed by atoms with van der Waals surface area (Å²) in [6.07, 6.45) is 0. The number of carbonyl (C=O) groups is 1. The van der Waals surface area contributed by atoms with Gasteiger partial charge in [-0.3, -0.25) is 4.79 Å². The molecular formula is C14H22N4O3S2. The zero-order valence-corrected chi connectivity index (χ0v) is 15.2. The first kappa shape index (κ1) is 19.3. The van der Waals surface area contributed by atoms with Crippen molar-refractivity contribution in [1.29, 1.82) is 0 Å². The number of amides is 1. The molecule has 0 saturated heterocycles. The van der Waals surface area contributed by atoms with E-state index in [1.54, 1.807) is 19.1 Å². The molecule has 0 spiro atoms. The molecule has 0 aromatic heterocycles. The molecule has 0 aliphatic rings. The predicted molar refractivity (Wildman–Crippen MR) is 94.8 cm³/mol. The first-order valence-corrected chi connectivity index (χ1v) is 8.91. The molecule has 0 bridgehead atoms. The van der Waals surface area contributed by atoms with E-state index in [1.807, 2.05) is 6.92 Å². The molecule has 1 rings (SSSR count). The summed E-state index contributed by atoms with van der Waals surface area (Å²) in [6.45, 7) is 4.05. The number of benzene rings is 1. The first-order valence-electron chi connectivity index (χ1n) is 7.06. The number of hydrogen-bond acceptors (Lipinski definition) is 4. The van der Waals surface area contributed by atoms with Crippen LogP contribution in [0.3, 0.4) is 0 Å². The lowest BCUT2D eigenvalue weighted by atomic mass is 10.3. The lowest BCUT2D eigenvalue weighted by Crippen LogP contribution is -2.46. The second-order valence-corrected chi connectivity index (χ2v) is 7.59. The lowest BCUT2D eigenvalue weighted by molar-refractivity contribution is -0.122. The normalized spacial score (nSPS) is 12.6. The first-order chi connectivity index (χ1) is 10.7. The molecule has 1 aromatic rings. The molecule has 0 radical (unpaired) electrons. The number of likely N-dealkylation sites (N-methyl/N-ethyl adjacent to an activating group) is 1. The van der Waals surface area contributed by atoms with Gasteiger partial charge in [-0.1, -0.05) is 6.07 Å². The van der Waals surface area contributed by atoms with Crippen LogP contribution in [-0.4, -0.2) is 50.4 Å².